The van der Waals surface area contributed by atoms with Crippen molar-refractivity contribution in [3.8, 4) is 23.0 Å². The largest absolute Gasteiger partial charge is 0.507 e. The highest BCUT2D eigenvalue weighted by molar-refractivity contribution is 6.00. The van der Waals surface area contributed by atoms with Crippen molar-refractivity contribution in [1.29, 1.82) is 0 Å². The molecule has 156 valence electrons. The Kier molecular flexibility index (Phi) is 5.87. The van der Waals surface area contributed by atoms with Crippen LogP contribution in [0, 0.1) is 0 Å². The number of benzene rings is 1. The molecule has 1 aromatic carbocycles. The van der Waals surface area contributed by atoms with Crippen LogP contribution in [0.1, 0.15) is 63.0 Å². The van der Waals surface area contributed by atoms with E-state index < -0.39 is 12.1 Å². The monoisotopic (exact) mass is 401 g/mol. The van der Waals surface area contributed by atoms with Crippen LogP contribution in [0.25, 0.3) is 11.3 Å². The lowest BCUT2D eigenvalue weighted by Gasteiger charge is -2.28. The number of aromatic nitrogens is 2. The molecule has 1 amide bonds. The van der Waals surface area contributed by atoms with E-state index in [2.05, 4.69) is 14.7 Å². The number of hydrogen-bond donors (Lipinski definition) is 2. The van der Waals surface area contributed by atoms with Gasteiger partial charge in [-0.25, -0.2) is 14.6 Å². The maximum absolute atomic E-state index is 12.4. The molecule has 0 fully saturated rings. The molecular formula is C21H27N3O5. The first-order chi connectivity index (χ1) is 13.3. The van der Waals surface area contributed by atoms with Crippen LogP contribution in [0.5, 0.6) is 11.8 Å². The smallest absolute Gasteiger partial charge is 0.412 e. The minimum Gasteiger partial charge on any atom is -0.507 e. The molecule has 0 spiro atoms. The molecular weight excluding hydrogens is 374 g/mol. The van der Waals surface area contributed by atoms with Crippen molar-refractivity contribution < 1.29 is 24.2 Å². The van der Waals surface area contributed by atoms with E-state index in [1.54, 1.807) is 12.1 Å². The van der Waals surface area contributed by atoms with Crippen LogP contribution < -0.4 is 10.5 Å². The summed E-state index contributed by atoms with van der Waals surface area (Å²) >= 11 is 0. The summed E-state index contributed by atoms with van der Waals surface area (Å²) in [5, 5.41) is 10.9. The van der Waals surface area contributed by atoms with E-state index in [9.17, 15) is 14.7 Å². The van der Waals surface area contributed by atoms with Gasteiger partial charge in [0.15, 0.2) is 0 Å². The summed E-state index contributed by atoms with van der Waals surface area (Å²) in [6.07, 6.45) is -0.0134. The zero-order valence-corrected chi connectivity index (χ0v) is 17.8. The average Bonchev–Trinajstić information content (AvgIpc) is 2.58. The lowest BCUT2D eigenvalue weighted by molar-refractivity contribution is 0.0638. The zero-order valence-electron chi connectivity index (χ0n) is 17.8. The Labute approximate surface area is 170 Å². The highest BCUT2D eigenvalue weighted by atomic mass is 16.6. The first-order valence-electron chi connectivity index (χ1n) is 9.06. The molecule has 0 saturated heterocycles. The molecule has 2 aromatic rings. The van der Waals surface area contributed by atoms with Gasteiger partial charge in [-0.05, 0) is 23.0 Å². The molecule has 29 heavy (non-hydrogen) atoms. The standard InChI is InChI=1S/C21H27N3O5/c1-20(2,3)13-8-11(9-14(16(13)25)21(4,5)6)15-12(17(26)29-18(22)27)10-23-19(24-15)28-7/h8-10,25H,1-7H3,(H2,22,27). The lowest BCUT2D eigenvalue weighted by atomic mass is 9.78. The van der Waals surface area contributed by atoms with E-state index in [-0.39, 0.29) is 33.8 Å². The number of esters is 1. The Morgan fingerprint density at radius 3 is 1.97 bits per heavy atom. The van der Waals surface area contributed by atoms with Crippen LogP contribution in [0.15, 0.2) is 18.3 Å². The van der Waals surface area contributed by atoms with E-state index in [1.807, 2.05) is 41.5 Å². The first-order valence-corrected chi connectivity index (χ1v) is 9.06. The van der Waals surface area contributed by atoms with Crippen LogP contribution in [0.3, 0.4) is 0 Å². The number of phenolic OH excluding ortho intramolecular Hbond substituents is 1. The quantitative estimate of drug-likeness (QED) is 0.593. The number of phenols is 1. The van der Waals surface area contributed by atoms with Crippen molar-refractivity contribution in [3.63, 3.8) is 0 Å². The van der Waals surface area contributed by atoms with Crippen LogP contribution in [0.4, 0.5) is 4.79 Å². The van der Waals surface area contributed by atoms with Gasteiger partial charge < -0.3 is 20.3 Å². The normalized spacial score (nSPS) is 11.8. The van der Waals surface area contributed by atoms with Gasteiger partial charge in [-0.15, -0.1) is 0 Å². The molecule has 0 bridgehead atoms. The molecule has 0 aliphatic rings. The number of aromatic hydroxyl groups is 1. The maximum atomic E-state index is 12.4. The van der Waals surface area contributed by atoms with E-state index in [0.717, 1.165) is 0 Å². The third-order valence-corrected chi connectivity index (χ3v) is 4.36. The summed E-state index contributed by atoms with van der Waals surface area (Å²) in [4.78, 5) is 31.7. The number of hydrogen-bond acceptors (Lipinski definition) is 7. The molecule has 0 saturated carbocycles. The van der Waals surface area contributed by atoms with Gasteiger partial charge in [-0.3, -0.25) is 0 Å². The van der Waals surface area contributed by atoms with Crippen LogP contribution in [0.2, 0.25) is 0 Å². The summed E-state index contributed by atoms with van der Waals surface area (Å²) in [6, 6.07) is 3.55. The fourth-order valence-corrected chi connectivity index (χ4v) is 2.89. The van der Waals surface area contributed by atoms with Crippen molar-refractivity contribution in [2.24, 2.45) is 5.73 Å². The summed E-state index contributed by atoms with van der Waals surface area (Å²) in [5.41, 5.74) is 6.30. The zero-order chi connectivity index (χ0) is 22.1. The van der Waals surface area contributed by atoms with E-state index >= 15 is 0 Å². The van der Waals surface area contributed by atoms with E-state index in [0.29, 0.717) is 16.7 Å². The highest BCUT2D eigenvalue weighted by Gasteiger charge is 2.29. The molecule has 3 N–H and O–H groups in total. The third-order valence-electron chi connectivity index (χ3n) is 4.36. The number of amides is 1. The molecule has 1 heterocycles. The van der Waals surface area contributed by atoms with Crippen molar-refractivity contribution in [1.82, 2.24) is 9.97 Å². The minimum absolute atomic E-state index is 0.0401. The Morgan fingerprint density at radius 1 is 1.03 bits per heavy atom. The molecule has 0 aliphatic carbocycles. The third kappa shape index (κ3) is 4.82. The number of nitrogens with zero attached hydrogens (tertiary/aromatic N) is 2. The first kappa shape index (κ1) is 22.1. The van der Waals surface area contributed by atoms with Gasteiger partial charge in [-0.2, -0.15) is 4.98 Å². The SMILES string of the molecule is COc1ncc(C(=O)OC(N)=O)c(-c2cc(C(C)(C)C)c(O)c(C(C)(C)C)c2)n1. The topological polar surface area (TPSA) is 125 Å². The van der Waals surface area contributed by atoms with Gasteiger partial charge in [0.1, 0.15) is 11.3 Å². The molecule has 0 aliphatic heterocycles. The number of nitrogens with two attached hydrogens (primary N) is 1. The van der Waals surface area contributed by atoms with Crippen molar-refractivity contribution >= 4 is 12.1 Å². The Bertz CT molecular complexity index is 921. The van der Waals surface area contributed by atoms with Crippen molar-refractivity contribution in [2.45, 2.75) is 52.4 Å². The van der Waals surface area contributed by atoms with Crippen LogP contribution >= 0.6 is 0 Å². The van der Waals surface area contributed by atoms with Crippen molar-refractivity contribution in [2.75, 3.05) is 7.11 Å². The lowest BCUT2D eigenvalue weighted by Crippen LogP contribution is -2.20. The van der Waals surface area contributed by atoms with E-state index in [1.165, 1.54) is 13.3 Å². The van der Waals surface area contributed by atoms with Gasteiger partial charge in [0, 0.05) is 22.9 Å². The van der Waals surface area contributed by atoms with Gasteiger partial charge in [0.25, 0.3) is 0 Å². The summed E-state index contributed by atoms with van der Waals surface area (Å²) in [5.74, 6) is -0.783. The predicted molar refractivity (Wildman–Crippen MR) is 108 cm³/mol. The number of methoxy groups -OCH3 is 1. The molecule has 0 unspecified atom stereocenters. The fourth-order valence-electron chi connectivity index (χ4n) is 2.89. The van der Waals surface area contributed by atoms with Gasteiger partial charge in [-0.1, -0.05) is 41.5 Å². The van der Waals surface area contributed by atoms with Gasteiger partial charge >= 0.3 is 18.1 Å². The summed E-state index contributed by atoms with van der Waals surface area (Å²) in [6.45, 7) is 11.8. The number of ether oxygens (including phenoxy) is 2. The molecule has 0 atom stereocenters. The predicted octanol–water partition coefficient (Wildman–Crippen LogP) is 3.69. The number of primary amides is 1. The highest BCUT2D eigenvalue weighted by Crippen LogP contribution is 2.42. The number of rotatable bonds is 3. The second kappa shape index (κ2) is 7.69. The second-order valence-electron chi connectivity index (χ2n) is 8.75. The molecule has 1 aromatic heterocycles. The molecule has 8 heteroatoms. The number of carbonyl (C=O) groups excluding carboxylic acids is 2. The van der Waals surface area contributed by atoms with Crippen LogP contribution in [-0.4, -0.2) is 34.2 Å². The minimum atomic E-state index is -1.23. The summed E-state index contributed by atoms with van der Waals surface area (Å²) in [7, 11) is 1.40. The van der Waals surface area contributed by atoms with Gasteiger partial charge in [0.05, 0.1) is 12.8 Å². The summed E-state index contributed by atoms with van der Waals surface area (Å²) < 4.78 is 9.62. The van der Waals surface area contributed by atoms with Crippen molar-refractivity contribution in [3.05, 3.63) is 35.0 Å². The second-order valence-corrected chi connectivity index (χ2v) is 8.75. The molecule has 0 radical (unpaired) electrons. The van der Waals surface area contributed by atoms with E-state index in [4.69, 9.17) is 10.5 Å². The Hall–Kier alpha value is -3.16. The molecule has 2 rings (SSSR count). The van der Waals surface area contributed by atoms with Crippen LogP contribution in [-0.2, 0) is 15.6 Å². The number of carbonyl (C=O) groups is 2. The Balaban J connectivity index is 2.85. The maximum Gasteiger partial charge on any atom is 0.412 e. The van der Waals surface area contributed by atoms with Gasteiger partial charge in [0.2, 0.25) is 0 Å². The average molecular weight is 401 g/mol. The fraction of sp³-hybridized carbons (Fsp3) is 0.429. The molecule has 8 nitrogen and oxygen atoms in total. The Morgan fingerprint density at radius 2 is 1.55 bits per heavy atom.